The molecule has 12 heteroatoms. The highest BCUT2D eigenvalue weighted by atomic mass is 16.7. The van der Waals surface area contributed by atoms with Crippen molar-refractivity contribution in [1.82, 2.24) is 0 Å². The first-order valence-corrected chi connectivity index (χ1v) is 14.3. The van der Waals surface area contributed by atoms with Crippen LogP contribution in [0, 0.1) is 17.8 Å². The minimum Gasteiger partial charge on any atom is -0.480 e. The summed E-state index contributed by atoms with van der Waals surface area (Å²) in [6.07, 6.45) is -2.88. The largest absolute Gasteiger partial charge is 0.513 e. The molecular weight excluding hydrogens is 550 g/mol. The Morgan fingerprint density at radius 2 is 1.29 bits per heavy atom. The highest BCUT2D eigenvalue weighted by Gasteiger charge is 2.31. The molecule has 0 aliphatic rings. The Morgan fingerprint density at radius 1 is 0.762 bits per heavy atom. The van der Waals surface area contributed by atoms with Crippen LogP contribution < -0.4 is 15.2 Å². The predicted octanol–water partition coefficient (Wildman–Crippen LogP) is 6.28. The molecule has 0 aliphatic heterocycles. The highest BCUT2D eigenvalue weighted by Crippen LogP contribution is 2.35. The standard InChI is InChI=1S/C30H47NO11/c1-17(2)11-13-37-28(34)41-24-10-9-22(16-25(24)42-29(35)38-14-12-18(3)4)23(26(31)27(32)33)15-20(7)39-30(36)40-21(8)19(5)6/h9-10,16-21,23,26H,11-15,31H2,1-8H3,(H,32,33)/t20?,21?,23?,26-/m0/s1. The van der Waals surface area contributed by atoms with Crippen LogP contribution in [0.1, 0.15) is 86.1 Å². The van der Waals surface area contributed by atoms with Crippen molar-refractivity contribution >= 4 is 24.4 Å². The van der Waals surface area contributed by atoms with Gasteiger partial charge in [0.1, 0.15) is 18.2 Å². The Morgan fingerprint density at radius 3 is 1.76 bits per heavy atom. The average Bonchev–Trinajstić information content (AvgIpc) is 2.87. The van der Waals surface area contributed by atoms with E-state index in [4.69, 9.17) is 34.2 Å². The Labute approximate surface area is 248 Å². The Bertz CT molecular complexity index is 1020. The SMILES string of the molecule is CC(C)CCOC(=O)Oc1ccc(C(CC(C)OC(=O)OC(C)C(C)C)[C@H](N)C(=O)O)cc1OC(=O)OCCC(C)C. The summed E-state index contributed by atoms with van der Waals surface area (Å²) in [5, 5.41) is 9.69. The second-order valence-electron chi connectivity index (χ2n) is 11.4. The number of carboxylic acids is 1. The summed E-state index contributed by atoms with van der Waals surface area (Å²) >= 11 is 0. The lowest BCUT2D eigenvalue weighted by molar-refractivity contribution is -0.139. The van der Waals surface area contributed by atoms with Gasteiger partial charge in [-0.1, -0.05) is 47.6 Å². The van der Waals surface area contributed by atoms with Gasteiger partial charge in [0.15, 0.2) is 11.5 Å². The molecule has 1 aromatic carbocycles. The fraction of sp³-hybridized carbons (Fsp3) is 0.667. The van der Waals surface area contributed by atoms with Crippen molar-refractivity contribution in [3.63, 3.8) is 0 Å². The third kappa shape index (κ3) is 13.9. The smallest absolute Gasteiger partial charge is 0.480 e. The summed E-state index contributed by atoms with van der Waals surface area (Å²) in [6.45, 7) is 15.2. The fourth-order valence-corrected chi connectivity index (χ4v) is 3.46. The van der Waals surface area contributed by atoms with Crippen LogP contribution in [-0.2, 0) is 23.7 Å². The molecule has 238 valence electrons. The zero-order valence-corrected chi connectivity index (χ0v) is 25.9. The van der Waals surface area contributed by atoms with Gasteiger partial charge in [0.25, 0.3) is 0 Å². The van der Waals surface area contributed by atoms with Gasteiger partial charge < -0.3 is 39.3 Å². The van der Waals surface area contributed by atoms with Gasteiger partial charge in [0, 0.05) is 5.92 Å². The minimum absolute atomic E-state index is 0.00561. The molecule has 0 spiro atoms. The van der Waals surface area contributed by atoms with Crippen LogP contribution in [0.25, 0.3) is 0 Å². The molecule has 0 saturated carbocycles. The van der Waals surface area contributed by atoms with Crippen LogP contribution in [0.15, 0.2) is 18.2 Å². The van der Waals surface area contributed by atoms with Crippen molar-refractivity contribution in [1.29, 1.82) is 0 Å². The maximum Gasteiger partial charge on any atom is 0.513 e. The molecule has 0 bridgehead atoms. The van der Waals surface area contributed by atoms with Gasteiger partial charge >= 0.3 is 24.4 Å². The maximum absolute atomic E-state index is 12.4. The van der Waals surface area contributed by atoms with Gasteiger partial charge in [-0.25, -0.2) is 14.4 Å². The van der Waals surface area contributed by atoms with E-state index in [0.717, 1.165) is 0 Å². The van der Waals surface area contributed by atoms with Crippen LogP contribution in [-0.4, -0.2) is 61.0 Å². The van der Waals surface area contributed by atoms with E-state index in [-0.39, 0.29) is 49.1 Å². The van der Waals surface area contributed by atoms with Crippen LogP contribution >= 0.6 is 0 Å². The number of carboxylic acid groups (broad SMARTS) is 1. The molecule has 12 nitrogen and oxygen atoms in total. The second-order valence-corrected chi connectivity index (χ2v) is 11.4. The first-order chi connectivity index (χ1) is 19.6. The van der Waals surface area contributed by atoms with Gasteiger partial charge in [-0.3, -0.25) is 4.79 Å². The normalized spacial score (nSPS) is 14.1. The molecule has 0 aromatic heterocycles. The quantitative estimate of drug-likeness (QED) is 0.124. The van der Waals surface area contributed by atoms with Gasteiger partial charge in [-0.15, -0.1) is 0 Å². The summed E-state index contributed by atoms with van der Waals surface area (Å²) in [5.74, 6) is -1.89. The molecule has 42 heavy (non-hydrogen) atoms. The second kappa shape index (κ2) is 18.1. The van der Waals surface area contributed by atoms with E-state index < -0.39 is 42.5 Å². The molecule has 1 aromatic rings. The van der Waals surface area contributed by atoms with E-state index >= 15 is 0 Å². The molecular formula is C30H47NO11. The highest BCUT2D eigenvalue weighted by molar-refractivity contribution is 5.75. The van der Waals surface area contributed by atoms with Crippen LogP contribution in [0.4, 0.5) is 14.4 Å². The third-order valence-corrected chi connectivity index (χ3v) is 6.44. The summed E-state index contributed by atoms with van der Waals surface area (Å²) < 4.78 is 31.4. The molecule has 0 saturated heterocycles. The van der Waals surface area contributed by atoms with Crippen LogP contribution in [0.5, 0.6) is 11.5 Å². The first kappa shape index (κ1) is 36.5. The van der Waals surface area contributed by atoms with Crippen molar-refractivity contribution in [2.24, 2.45) is 23.5 Å². The predicted molar refractivity (Wildman–Crippen MR) is 154 cm³/mol. The molecule has 0 radical (unpaired) electrons. The molecule has 3 N–H and O–H groups in total. The fourth-order valence-electron chi connectivity index (χ4n) is 3.46. The molecule has 1 rings (SSSR count). The van der Waals surface area contributed by atoms with Crippen molar-refractivity contribution in [3.05, 3.63) is 23.8 Å². The van der Waals surface area contributed by atoms with E-state index in [0.29, 0.717) is 24.3 Å². The number of nitrogens with two attached hydrogens (primary N) is 1. The minimum atomic E-state index is -1.42. The average molecular weight is 598 g/mol. The summed E-state index contributed by atoms with van der Waals surface area (Å²) in [7, 11) is 0. The zero-order valence-electron chi connectivity index (χ0n) is 25.9. The Kier molecular flexibility index (Phi) is 15.7. The van der Waals surface area contributed by atoms with Crippen molar-refractivity contribution in [3.8, 4) is 11.5 Å². The third-order valence-electron chi connectivity index (χ3n) is 6.44. The molecule has 0 fully saturated rings. The van der Waals surface area contributed by atoms with Gasteiger partial charge in [0.05, 0.1) is 13.2 Å². The van der Waals surface area contributed by atoms with Crippen molar-refractivity contribution in [2.75, 3.05) is 13.2 Å². The maximum atomic E-state index is 12.4. The monoisotopic (exact) mass is 597 g/mol. The number of hydrogen-bond acceptors (Lipinski definition) is 11. The summed E-state index contributed by atoms with van der Waals surface area (Å²) in [4.78, 5) is 48.8. The van der Waals surface area contributed by atoms with E-state index in [1.807, 2.05) is 41.5 Å². The van der Waals surface area contributed by atoms with Gasteiger partial charge in [-0.05, 0) is 68.6 Å². The van der Waals surface area contributed by atoms with Crippen molar-refractivity contribution in [2.45, 2.75) is 98.8 Å². The lowest BCUT2D eigenvalue weighted by Gasteiger charge is -2.26. The number of rotatable bonds is 16. The van der Waals surface area contributed by atoms with E-state index in [1.165, 1.54) is 18.2 Å². The molecule has 0 amide bonds. The molecule has 0 heterocycles. The number of carbonyl (C=O) groups excluding carboxylic acids is 3. The van der Waals surface area contributed by atoms with Crippen LogP contribution in [0.3, 0.4) is 0 Å². The van der Waals surface area contributed by atoms with Crippen LogP contribution in [0.2, 0.25) is 0 Å². The Hall–Kier alpha value is -3.54. The summed E-state index contributed by atoms with van der Waals surface area (Å²) in [5.41, 5.74) is 6.36. The molecule has 0 aliphatic carbocycles. The van der Waals surface area contributed by atoms with Gasteiger partial charge in [0.2, 0.25) is 0 Å². The van der Waals surface area contributed by atoms with E-state index in [1.54, 1.807) is 13.8 Å². The number of benzene rings is 1. The Balaban J connectivity index is 3.25. The number of carbonyl (C=O) groups is 4. The summed E-state index contributed by atoms with van der Waals surface area (Å²) in [6, 6.07) is 2.73. The van der Waals surface area contributed by atoms with Crippen molar-refractivity contribution < 1.29 is 52.7 Å². The number of hydrogen-bond donors (Lipinski definition) is 2. The lowest BCUT2D eigenvalue weighted by Crippen LogP contribution is -2.38. The number of aliphatic carboxylic acids is 1. The van der Waals surface area contributed by atoms with E-state index in [9.17, 15) is 24.3 Å². The van der Waals surface area contributed by atoms with Gasteiger partial charge in [-0.2, -0.15) is 0 Å². The first-order valence-electron chi connectivity index (χ1n) is 14.3. The zero-order chi connectivity index (χ0) is 32.0. The molecule has 3 unspecified atom stereocenters. The lowest BCUT2D eigenvalue weighted by atomic mass is 9.87. The molecule has 4 atom stereocenters. The van der Waals surface area contributed by atoms with E-state index in [2.05, 4.69) is 0 Å². The number of ether oxygens (including phenoxy) is 6. The topological polar surface area (TPSA) is 170 Å².